The summed E-state index contributed by atoms with van der Waals surface area (Å²) >= 11 is 0. The minimum absolute atomic E-state index is 0.176. The van der Waals surface area contributed by atoms with Gasteiger partial charge in [-0.1, -0.05) is 18.2 Å². The van der Waals surface area contributed by atoms with E-state index < -0.39 is 36.7 Å². The first-order chi connectivity index (χ1) is 11.9. The topological polar surface area (TPSA) is 83.6 Å². The van der Waals surface area contributed by atoms with Crippen LogP contribution in [0.1, 0.15) is 5.56 Å². The molecule has 0 saturated carbocycles. The van der Waals surface area contributed by atoms with Gasteiger partial charge in [-0.05, 0) is 30.3 Å². The molecule has 0 aliphatic carbocycles. The van der Waals surface area contributed by atoms with Gasteiger partial charge in [0.25, 0.3) is 10.0 Å². The van der Waals surface area contributed by atoms with Gasteiger partial charge in [0.15, 0.2) is 0 Å². The lowest BCUT2D eigenvalue weighted by Gasteiger charge is -2.15. The highest BCUT2D eigenvalue weighted by Gasteiger charge is 2.37. The molecule has 2 aromatic carbocycles. The Bertz CT molecular complexity index is 1020. The molecular weight excluding hydrogens is 393 g/mol. The molecule has 2 rings (SSSR count). The van der Waals surface area contributed by atoms with Gasteiger partial charge in [-0.2, -0.15) is 13.2 Å². The molecule has 142 valence electrons. The number of nitrogens with one attached hydrogen (secondary N) is 1. The molecule has 0 aromatic heterocycles. The van der Waals surface area contributed by atoms with Crippen LogP contribution >= 0.6 is 0 Å². The van der Waals surface area contributed by atoms with E-state index in [0.29, 0.717) is 6.07 Å². The van der Waals surface area contributed by atoms with Crippen molar-refractivity contribution in [3.8, 4) is 0 Å². The molecule has 0 atom stereocenters. The van der Waals surface area contributed by atoms with Crippen molar-refractivity contribution >= 4 is 25.7 Å². The predicted octanol–water partition coefficient (Wildman–Crippen LogP) is 2.76. The van der Waals surface area contributed by atoms with Gasteiger partial charge in [-0.3, -0.25) is 4.72 Å². The molecule has 0 bridgehead atoms. The Balaban J connectivity index is 2.47. The second kappa shape index (κ2) is 6.89. The van der Waals surface area contributed by atoms with E-state index in [2.05, 4.69) is 0 Å². The first-order valence-corrected chi connectivity index (χ1v) is 9.99. The molecule has 0 heterocycles. The van der Waals surface area contributed by atoms with Crippen LogP contribution in [0.5, 0.6) is 0 Å². The number of hydrogen-bond acceptors (Lipinski definition) is 4. The van der Waals surface area contributed by atoms with Crippen molar-refractivity contribution in [3.05, 3.63) is 54.1 Å². The normalized spacial score (nSPS) is 13.0. The van der Waals surface area contributed by atoms with Crippen LogP contribution in [0.25, 0.3) is 0 Å². The van der Waals surface area contributed by atoms with E-state index in [1.807, 2.05) is 4.72 Å². The lowest BCUT2D eigenvalue weighted by atomic mass is 10.2. The highest BCUT2D eigenvalue weighted by Crippen LogP contribution is 2.34. The van der Waals surface area contributed by atoms with Crippen LogP contribution in [0, 0.1) is 0 Å². The van der Waals surface area contributed by atoms with E-state index in [1.54, 1.807) is 0 Å². The summed E-state index contributed by atoms with van der Waals surface area (Å²) in [5.41, 5.74) is -1.49. The second-order valence-electron chi connectivity index (χ2n) is 5.41. The molecular formula is C15H15F3N2O4S2. The first kappa shape index (κ1) is 20.2. The average molecular weight is 408 g/mol. The number of hydrogen-bond donors (Lipinski definition) is 1. The molecule has 0 unspecified atom stereocenters. The Hall–Kier alpha value is -2.11. The molecule has 0 fully saturated rings. The maximum absolute atomic E-state index is 13.0. The first-order valence-electron chi connectivity index (χ1n) is 7.07. The number of sulfonamides is 2. The number of nitrogens with zero attached hydrogens (tertiary/aromatic N) is 1. The molecule has 0 aliphatic heterocycles. The fraction of sp³-hybridized carbons (Fsp3) is 0.200. The molecule has 2 aromatic rings. The summed E-state index contributed by atoms with van der Waals surface area (Å²) in [6.07, 6.45) is -4.86. The summed E-state index contributed by atoms with van der Waals surface area (Å²) in [7, 11) is -5.83. The van der Waals surface area contributed by atoms with Crippen LogP contribution in [0.3, 0.4) is 0 Å². The Morgan fingerprint density at radius 1 is 0.923 bits per heavy atom. The van der Waals surface area contributed by atoms with Crippen molar-refractivity contribution in [1.29, 1.82) is 0 Å². The van der Waals surface area contributed by atoms with Crippen LogP contribution in [0.2, 0.25) is 0 Å². The van der Waals surface area contributed by atoms with Crippen LogP contribution < -0.4 is 4.72 Å². The molecule has 11 heteroatoms. The van der Waals surface area contributed by atoms with Crippen molar-refractivity contribution in [2.24, 2.45) is 0 Å². The minimum Gasteiger partial charge on any atom is -0.280 e. The van der Waals surface area contributed by atoms with Gasteiger partial charge in [0.2, 0.25) is 10.0 Å². The second-order valence-corrected chi connectivity index (χ2v) is 9.22. The number of rotatable bonds is 5. The monoisotopic (exact) mass is 408 g/mol. The highest BCUT2D eigenvalue weighted by atomic mass is 32.2. The summed E-state index contributed by atoms with van der Waals surface area (Å²) in [5, 5.41) is 0. The van der Waals surface area contributed by atoms with Crippen molar-refractivity contribution < 1.29 is 30.0 Å². The average Bonchev–Trinajstić information content (AvgIpc) is 2.53. The minimum atomic E-state index is -4.86. The van der Waals surface area contributed by atoms with Crippen molar-refractivity contribution in [2.75, 3.05) is 18.8 Å². The van der Waals surface area contributed by atoms with Gasteiger partial charge in [-0.25, -0.2) is 21.1 Å². The molecule has 0 saturated heterocycles. The summed E-state index contributed by atoms with van der Waals surface area (Å²) in [5.74, 6) is 0. The van der Waals surface area contributed by atoms with E-state index in [-0.39, 0.29) is 10.6 Å². The van der Waals surface area contributed by atoms with E-state index >= 15 is 0 Å². The van der Waals surface area contributed by atoms with Gasteiger partial charge >= 0.3 is 6.18 Å². The third-order valence-corrected chi connectivity index (χ3v) is 6.60. The summed E-state index contributed by atoms with van der Waals surface area (Å²) in [6, 6.07) is 8.52. The Morgan fingerprint density at radius 2 is 1.54 bits per heavy atom. The maximum Gasteiger partial charge on any atom is 0.417 e. The standard InChI is InChI=1S/C15H15F3N2O4S2/c1-20(2)26(23,24)12-7-5-6-11(10-12)19-25(21,22)14-9-4-3-8-13(14)15(16,17)18/h3-10,19H,1-2H3. The van der Waals surface area contributed by atoms with E-state index in [9.17, 15) is 30.0 Å². The highest BCUT2D eigenvalue weighted by molar-refractivity contribution is 7.92. The largest absolute Gasteiger partial charge is 0.417 e. The van der Waals surface area contributed by atoms with E-state index in [1.165, 1.54) is 32.3 Å². The van der Waals surface area contributed by atoms with Crippen molar-refractivity contribution in [1.82, 2.24) is 4.31 Å². The van der Waals surface area contributed by atoms with E-state index in [4.69, 9.17) is 0 Å². The molecule has 0 spiro atoms. The van der Waals surface area contributed by atoms with Crippen molar-refractivity contribution in [3.63, 3.8) is 0 Å². The fourth-order valence-corrected chi connectivity index (χ4v) is 4.30. The van der Waals surface area contributed by atoms with Gasteiger partial charge < -0.3 is 0 Å². The van der Waals surface area contributed by atoms with Gasteiger partial charge in [0.1, 0.15) is 0 Å². The Labute approximate surface area is 149 Å². The van der Waals surface area contributed by atoms with Crippen LogP contribution in [0.4, 0.5) is 18.9 Å². The number of benzene rings is 2. The summed E-state index contributed by atoms with van der Waals surface area (Å²) < 4.78 is 91.1. The molecule has 0 aliphatic rings. The smallest absolute Gasteiger partial charge is 0.280 e. The Morgan fingerprint density at radius 3 is 2.12 bits per heavy atom. The SMILES string of the molecule is CN(C)S(=O)(=O)c1cccc(NS(=O)(=O)c2ccccc2C(F)(F)F)c1. The number of alkyl halides is 3. The molecule has 0 radical (unpaired) electrons. The van der Waals surface area contributed by atoms with Crippen LogP contribution in [-0.4, -0.2) is 35.2 Å². The molecule has 26 heavy (non-hydrogen) atoms. The van der Waals surface area contributed by atoms with Crippen LogP contribution in [-0.2, 0) is 26.2 Å². The molecule has 0 amide bonds. The van der Waals surface area contributed by atoms with E-state index in [0.717, 1.165) is 28.6 Å². The van der Waals surface area contributed by atoms with Gasteiger partial charge in [-0.15, -0.1) is 0 Å². The zero-order chi connectivity index (χ0) is 19.8. The predicted molar refractivity (Wildman–Crippen MR) is 89.6 cm³/mol. The zero-order valence-electron chi connectivity index (χ0n) is 13.6. The summed E-state index contributed by atoms with van der Waals surface area (Å²) in [4.78, 5) is -1.15. The zero-order valence-corrected chi connectivity index (χ0v) is 15.3. The summed E-state index contributed by atoms with van der Waals surface area (Å²) in [6.45, 7) is 0. The quantitative estimate of drug-likeness (QED) is 0.825. The lowest BCUT2D eigenvalue weighted by molar-refractivity contribution is -0.139. The molecule has 6 nitrogen and oxygen atoms in total. The van der Waals surface area contributed by atoms with Gasteiger partial charge in [0.05, 0.1) is 21.0 Å². The Kier molecular flexibility index (Phi) is 5.36. The maximum atomic E-state index is 13.0. The molecule has 1 N–H and O–H groups in total. The number of halogens is 3. The fourth-order valence-electron chi connectivity index (χ4n) is 2.08. The third kappa shape index (κ3) is 4.17. The van der Waals surface area contributed by atoms with Crippen LogP contribution in [0.15, 0.2) is 58.3 Å². The van der Waals surface area contributed by atoms with Gasteiger partial charge in [0, 0.05) is 14.1 Å². The number of anilines is 1. The lowest BCUT2D eigenvalue weighted by Crippen LogP contribution is -2.22. The third-order valence-electron chi connectivity index (χ3n) is 3.35. The van der Waals surface area contributed by atoms with Crippen molar-refractivity contribution in [2.45, 2.75) is 16.0 Å².